The number of hydrogen-bond donors (Lipinski definition) is 1. The Hall–Kier alpha value is -1.40. The molecule has 0 aliphatic heterocycles. The Morgan fingerprint density at radius 3 is 2.27 bits per heavy atom. The van der Waals surface area contributed by atoms with Gasteiger partial charge in [0, 0.05) is 25.6 Å². The van der Waals surface area contributed by atoms with Crippen LogP contribution in [0.5, 0.6) is 0 Å². The zero-order valence-electron chi connectivity index (χ0n) is 13.8. The lowest BCUT2D eigenvalue weighted by Crippen LogP contribution is -2.48. The minimum absolute atomic E-state index is 0.0482. The van der Waals surface area contributed by atoms with E-state index in [1.807, 2.05) is 51.1 Å². The van der Waals surface area contributed by atoms with Crippen LogP contribution in [0.25, 0.3) is 0 Å². The monoisotopic (exact) mass is 326 g/mol. The van der Waals surface area contributed by atoms with Crippen LogP contribution in [0, 0.1) is 0 Å². The van der Waals surface area contributed by atoms with E-state index in [0.717, 1.165) is 5.56 Å². The quantitative estimate of drug-likeness (QED) is 0.831. The molecule has 124 valence electrons. The molecule has 1 aromatic rings. The summed E-state index contributed by atoms with van der Waals surface area (Å²) in [5, 5.41) is 0. The molecule has 22 heavy (non-hydrogen) atoms. The maximum Gasteiger partial charge on any atom is 0.219 e. The fraction of sp³-hybridized carbons (Fsp3) is 0.562. The van der Waals surface area contributed by atoms with Crippen molar-refractivity contribution in [2.24, 2.45) is 0 Å². The van der Waals surface area contributed by atoms with Gasteiger partial charge in [0.15, 0.2) is 0 Å². The molecule has 0 heterocycles. The van der Waals surface area contributed by atoms with Crippen molar-refractivity contribution < 1.29 is 13.2 Å². The molecule has 1 amide bonds. The van der Waals surface area contributed by atoms with Gasteiger partial charge in [-0.3, -0.25) is 4.79 Å². The summed E-state index contributed by atoms with van der Waals surface area (Å²) >= 11 is 0. The average Bonchev–Trinajstić information content (AvgIpc) is 2.41. The SMILES string of the molecule is CC(=O)N(CCNS(=O)(=O)CCc1ccccc1)C(C)(C)C. The molecular formula is C16H26N2O3S. The Morgan fingerprint density at radius 2 is 1.77 bits per heavy atom. The van der Waals surface area contributed by atoms with Crippen molar-refractivity contribution in [3.63, 3.8) is 0 Å². The van der Waals surface area contributed by atoms with Crippen LogP contribution in [0.3, 0.4) is 0 Å². The van der Waals surface area contributed by atoms with Crippen LogP contribution < -0.4 is 4.72 Å². The maximum atomic E-state index is 12.0. The smallest absolute Gasteiger partial charge is 0.219 e. The maximum absolute atomic E-state index is 12.0. The van der Waals surface area contributed by atoms with E-state index in [4.69, 9.17) is 0 Å². The van der Waals surface area contributed by atoms with E-state index in [2.05, 4.69) is 4.72 Å². The molecular weight excluding hydrogens is 300 g/mol. The molecule has 1 aromatic carbocycles. The standard InChI is InChI=1S/C16H26N2O3S/c1-14(19)18(16(2,3)4)12-11-17-22(20,21)13-10-15-8-6-5-7-9-15/h5-9,17H,10-13H2,1-4H3. The number of nitrogens with zero attached hydrogens (tertiary/aromatic N) is 1. The molecule has 1 rings (SSSR count). The van der Waals surface area contributed by atoms with Gasteiger partial charge in [-0.2, -0.15) is 0 Å². The predicted molar refractivity (Wildman–Crippen MR) is 89.1 cm³/mol. The lowest BCUT2D eigenvalue weighted by molar-refractivity contribution is -0.133. The Labute approximate surface area is 133 Å². The zero-order valence-corrected chi connectivity index (χ0v) is 14.6. The van der Waals surface area contributed by atoms with Crippen LogP contribution in [0.15, 0.2) is 30.3 Å². The average molecular weight is 326 g/mol. The Kier molecular flexibility index (Phi) is 6.56. The topological polar surface area (TPSA) is 66.5 Å². The molecule has 6 heteroatoms. The van der Waals surface area contributed by atoms with Crippen molar-refractivity contribution in [1.82, 2.24) is 9.62 Å². The molecule has 0 atom stereocenters. The van der Waals surface area contributed by atoms with Crippen LogP contribution in [-0.2, 0) is 21.2 Å². The number of sulfonamides is 1. The molecule has 0 spiro atoms. The molecule has 0 fully saturated rings. The first-order valence-corrected chi connectivity index (χ1v) is 9.06. The fourth-order valence-corrected chi connectivity index (χ4v) is 3.30. The van der Waals surface area contributed by atoms with E-state index < -0.39 is 10.0 Å². The highest BCUT2D eigenvalue weighted by molar-refractivity contribution is 7.89. The largest absolute Gasteiger partial charge is 0.337 e. The van der Waals surface area contributed by atoms with Crippen LogP contribution in [0.1, 0.15) is 33.3 Å². The number of amides is 1. The molecule has 0 aliphatic carbocycles. The van der Waals surface area contributed by atoms with Gasteiger partial charge in [0.05, 0.1) is 5.75 Å². The van der Waals surface area contributed by atoms with Gasteiger partial charge in [0.25, 0.3) is 0 Å². The normalized spacial score (nSPS) is 12.2. The van der Waals surface area contributed by atoms with Crippen molar-refractivity contribution >= 4 is 15.9 Å². The lowest BCUT2D eigenvalue weighted by atomic mass is 10.1. The third-order valence-corrected chi connectivity index (χ3v) is 4.74. The van der Waals surface area contributed by atoms with E-state index in [1.54, 1.807) is 4.90 Å². The highest BCUT2D eigenvalue weighted by Gasteiger charge is 2.23. The molecule has 0 radical (unpaired) electrons. The molecule has 0 bridgehead atoms. The lowest BCUT2D eigenvalue weighted by Gasteiger charge is -2.35. The van der Waals surface area contributed by atoms with Crippen LogP contribution in [0.2, 0.25) is 0 Å². The first kappa shape index (κ1) is 18.6. The number of benzene rings is 1. The van der Waals surface area contributed by atoms with Crippen LogP contribution in [-0.4, -0.2) is 43.6 Å². The van der Waals surface area contributed by atoms with Crippen molar-refractivity contribution in [3.05, 3.63) is 35.9 Å². The second kappa shape index (κ2) is 7.74. The van der Waals surface area contributed by atoms with Gasteiger partial charge in [-0.05, 0) is 32.8 Å². The van der Waals surface area contributed by atoms with E-state index in [9.17, 15) is 13.2 Å². The zero-order chi connectivity index (χ0) is 16.8. The molecule has 0 unspecified atom stereocenters. The van der Waals surface area contributed by atoms with Crippen LogP contribution in [0.4, 0.5) is 0 Å². The summed E-state index contributed by atoms with van der Waals surface area (Å²) in [5.74, 6) is -0.0111. The van der Waals surface area contributed by atoms with E-state index >= 15 is 0 Å². The summed E-state index contributed by atoms with van der Waals surface area (Å²) in [7, 11) is -3.33. The highest BCUT2D eigenvalue weighted by atomic mass is 32.2. The summed E-state index contributed by atoms with van der Waals surface area (Å²) in [4.78, 5) is 13.3. The summed E-state index contributed by atoms with van der Waals surface area (Å²) in [6.07, 6.45) is 0.478. The number of nitrogens with one attached hydrogen (secondary N) is 1. The van der Waals surface area contributed by atoms with E-state index in [1.165, 1.54) is 6.92 Å². The van der Waals surface area contributed by atoms with Gasteiger partial charge in [0.1, 0.15) is 0 Å². The van der Waals surface area contributed by atoms with Gasteiger partial charge < -0.3 is 4.90 Å². The van der Waals surface area contributed by atoms with Crippen molar-refractivity contribution in [1.29, 1.82) is 0 Å². The van der Waals surface area contributed by atoms with Gasteiger partial charge >= 0.3 is 0 Å². The van der Waals surface area contributed by atoms with E-state index in [-0.39, 0.29) is 23.7 Å². The number of carbonyl (C=O) groups excluding carboxylic acids is 1. The number of rotatable bonds is 7. The Morgan fingerprint density at radius 1 is 1.18 bits per heavy atom. The number of carbonyl (C=O) groups is 1. The Balaban J connectivity index is 2.47. The molecule has 5 nitrogen and oxygen atoms in total. The van der Waals surface area contributed by atoms with Crippen LogP contribution >= 0.6 is 0 Å². The minimum Gasteiger partial charge on any atom is -0.337 e. The van der Waals surface area contributed by atoms with Crippen molar-refractivity contribution in [2.75, 3.05) is 18.8 Å². The molecule has 0 aromatic heterocycles. The summed E-state index contributed by atoms with van der Waals surface area (Å²) in [6.45, 7) is 7.88. The predicted octanol–water partition coefficient (Wildman–Crippen LogP) is 1.80. The van der Waals surface area contributed by atoms with Crippen molar-refractivity contribution in [2.45, 2.75) is 39.7 Å². The van der Waals surface area contributed by atoms with Gasteiger partial charge in [-0.15, -0.1) is 0 Å². The third kappa shape index (κ3) is 6.58. The first-order chi connectivity index (χ1) is 10.1. The summed E-state index contributed by atoms with van der Waals surface area (Å²) in [5.41, 5.74) is 0.675. The van der Waals surface area contributed by atoms with Crippen molar-refractivity contribution in [3.8, 4) is 0 Å². The third-order valence-electron chi connectivity index (χ3n) is 3.35. The summed E-state index contributed by atoms with van der Waals surface area (Å²) in [6, 6.07) is 9.51. The minimum atomic E-state index is -3.33. The second-order valence-electron chi connectivity index (χ2n) is 6.29. The summed E-state index contributed by atoms with van der Waals surface area (Å²) < 4.78 is 26.5. The molecule has 0 aliphatic rings. The molecule has 1 N–H and O–H groups in total. The molecule has 0 saturated carbocycles. The second-order valence-corrected chi connectivity index (χ2v) is 8.22. The van der Waals surface area contributed by atoms with Gasteiger partial charge in [0.2, 0.25) is 15.9 Å². The van der Waals surface area contributed by atoms with E-state index in [0.29, 0.717) is 13.0 Å². The Bertz CT molecular complexity index is 577. The number of aryl methyl sites for hydroxylation is 1. The van der Waals surface area contributed by atoms with Gasteiger partial charge in [-0.25, -0.2) is 13.1 Å². The fourth-order valence-electron chi connectivity index (χ4n) is 2.25. The van der Waals surface area contributed by atoms with Gasteiger partial charge in [-0.1, -0.05) is 30.3 Å². The number of hydrogen-bond acceptors (Lipinski definition) is 3. The highest BCUT2D eigenvalue weighted by Crippen LogP contribution is 2.12. The first-order valence-electron chi connectivity index (χ1n) is 7.41. The molecule has 0 saturated heterocycles.